The maximum Gasteiger partial charge on any atom is 0.416 e. The zero-order chi connectivity index (χ0) is 82.2. The molecule has 0 unspecified atom stereocenters. The molecule has 8 N–H and O–H groups in total. The lowest BCUT2D eigenvalue weighted by Gasteiger charge is -2.46. The lowest BCUT2D eigenvalue weighted by Crippen LogP contribution is -2.60. The monoisotopic (exact) mass is 1700 g/mol. The summed E-state index contributed by atoms with van der Waals surface area (Å²) < 4.78 is 157. The van der Waals surface area contributed by atoms with Crippen LogP contribution in [0.25, 0.3) is 54.5 Å². The molecule has 12 heterocycles. The Bertz CT molecular complexity index is 5930. The molecular formula is C76H84Cl2F6N20O9S3. The number of para-hydroxylation sites is 2. The predicted molar refractivity (Wildman–Crippen MR) is 432 cm³/mol. The number of imide groups is 1. The van der Waals surface area contributed by atoms with Gasteiger partial charge in [-0.15, -0.1) is 0 Å². The zero-order valence-corrected chi connectivity index (χ0v) is 67.3. The van der Waals surface area contributed by atoms with Crippen LogP contribution in [0, 0.1) is 5.41 Å². The van der Waals surface area contributed by atoms with Gasteiger partial charge < -0.3 is 30.2 Å². The van der Waals surface area contributed by atoms with E-state index in [1.165, 1.54) is 28.5 Å². The summed E-state index contributed by atoms with van der Waals surface area (Å²) >= 11 is 12.4. The molecule has 11 aromatic rings. The summed E-state index contributed by atoms with van der Waals surface area (Å²) in [5.41, 5.74) is 5.46. The first kappa shape index (κ1) is 81.2. The lowest BCUT2D eigenvalue weighted by molar-refractivity contribution is -0.138. The van der Waals surface area contributed by atoms with Crippen molar-refractivity contribution in [3.05, 3.63) is 149 Å². The quantitative estimate of drug-likeness (QED) is 0.0491. The lowest BCUT2D eigenvalue weighted by atomic mass is 9.77. The van der Waals surface area contributed by atoms with Crippen LogP contribution < -0.4 is 39.9 Å². The van der Waals surface area contributed by atoms with Gasteiger partial charge in [0.05, 0.1) is 116 Å². The molecule has 116 heavy (non-hydrogen) atoms. The highest BCUT2D eigenvalue weighted by Gasteiger charge is 2.50. The molecule has 8 aliphatic rings. The number of piperidine rings is 3. The summed E-state index contributed by atoms with van der Waals surface area (Å²) in [4.78, 5) is 43.5. The molecule has 2 spiro atoms. The third-order valence-electron chi connectivity index (χ3n) is 23.1. The number of hydrogen-bond donors (Lipinski definition) is 8. The van der Waals surface area contributed by atoms with Crippen molar-refractivity contribution >= 4 is 160 Å². The Morgan fingerprint density at radius 3 is 1.50 bits per heavy atom. The van der Waals surface area contributed by atoms with Crippen LogP contribution in [0.4, 0.5) is 65.3 Å². The molecule has 40 heteroatoms. The van der Waals surface area contributed by atoms with Crippen molar-refractivity contribution in [1.82, 2.24) is 75.5 Å². The highest BCUT2D eigenvalue weighted by atomic mass is 35.5. The third kappa shape index (κ3) is 16.5. The first-order valence-corrected chi connectivity index (χ1v) is 43.7. The number of aromatic nitrogens is 10. The number of carbonyl (C=O) groups is 3. The average Bonchev–Trinajstić information content (AvgIpc) is 1.25. The number of piperazine rings is 1. The van der Waals surface area contributed by atoms with Gasteiger partial charge in [0.25, 0.3) is 5.91 Å². The molecule has 19 rings (SSSR count). The van der Waals surface area contributed by atoms with Gasteiger partial charge in [0, 0.05) is 132 Å². The fourth-order valence-corrected chi connectivity index (χ4v) is 21.6. The fourth-order valence-electron chi connectivity index (χ4n) is 17.0. The number of benzene rings is 6. The van der Waals surface area contributed by atoms with E-state index in [-0.39, 0.29) is 41.1 Å². The number of carbonyl (C=O) groups excluding carboxylic acids is 3. The number of nitrogens with zero attached hydrogens (tertiary/aromatic N) is 12. The molecule has 5 aromatic heterocycles. The molecular weight excluding hydrogens is 1620 g/mol. The van der Waals surface area contributed by atoms with Crippen molar-refractivity contribution in [3.63, 3.8) is 0 Å². The molecule has 29 nitrogen and oxygen atoms in total. The Balaban J connectivity index is 0.000000114. The van der Waals surface area contributed by atoms with Gasteiger partial charge >= 0.3 is 18.4 Å². The highest BCUT2D eigenvalue weighted by molar-refractivity contribution is 7.92. The van der Waals surface area contributed by atoms with Crippen LogP contribution >= 0.6 is 23.2 Å². The summed E-state index contributed by atoms with van der Waals surface area (Å²) in [6.07, 6.45) is 8.60. The molecule has 6 aromatic carbocycles. The van der Waals surface area contributed by atoms with E-state index in [0.29, 0.717) is 114 Å². The van der Waals surface area contributed by atoms with Crippen molar-refractivity contribution in [1.29, 1.82) is 0 Å². The number of aromatic amines is 5. The predicted octanol–water partition coefficient (Wildman–Crippen LogP) is 11.9. The number of amides is 4. The number of urea groups is 1. The second-order valence-electron chi connectivity index (χ2n) is 31.1. The number of H-pyrrole nitrogens is 5. The molecule has 0 bridgehead atoms. The van der Waals surface area contributed by atoms with Crippen LogP contribution in [-0.2, 0) is 52.0 Å². The van der Waals surface area contributed by atoms with Crippen molar-refractivity contribution in [2.24, 2.45) is 5.41 Å². The standard InChI is InChI=1S/C17H15F3N4O2S.C15H17ClN4O.C15H18ClN3O2S.C15H14F3N5O2.C14H20N4O2S/c1-27(25,26)24-7-6-23(14-4-2-3-5-15(14)24)16-9-11(17(18,19)20)8-13-12(16)10-21-22-13;16-10-7-12-11(9-18-19-12)13(8-10)20-5-2-15(3-6-20)1-4-17-14(15)21;16-11-7-13(14-9-17-18-15(14)8-11)10-3-5-19(6-4-10)22(20,21)12-1-2-12;16-15(17,18)8-5-10-9(7-19-22-10)11(6-8)23-3-1-14(2-4-23)12(24)20-13(25)21-14;1-14(2)10-17(7-8-18(14)21(3,19)20)13-6-4-5-12-11(13)9-15-16-12/h2-5,8-10H,6-7H2,1H3,(H,21,22);7-9H,1-6H2,(H,17,21)(H,18,19);7-10,12H,1-6H2,(H,17,18);5-7H,1-4H2,(H,19,22)(H2,20,21,24,25);4-6,9H,7-8,10H2,1-3H3,(H,15,16). The Hall–Kier alpha value is -9.99. The SMILES string of the molecule is CC1(C)CN(c2cccc3[nH]ncc23)CCN1S(C)(=O)=O.CS(=O)(=O)N1CCN(c2cc(C(F)(F)F)cc3[nH]ncc23)c2ccccc21.O=C1NC(=O)C2(CCN(c3cc(C(F)(F)F)cc4[nH]ncc34)CC2)N1.O=C1NCCC12CCN(c1cc(Cl)cc3[nH]ncc13)CC2.O=S(=O)(C1CC1)N1CCC(c2cc(Cl)cc3[nH]ncc23)CC1. The van der Waals surface area contributed by atoms with E-state index in [2.05, 4.69) is 82.8 Å². The van der Waals surface area contributed by atoms with Gasteiger partial charge in [0.2, 0.25) is 36.0 Å². The van der Waals surface area contributed by atoms with Crippen LogP contribution in [-0.4, -0.2) is 210 Å². The van der Waals surface area contributed by atoms with E-state index >= 15 is 0 Å². The minimum atomic E-state index is -4.51. The maximum absolute atomic E-state index is 13.3. The number of anilines is 6. The third-order valence-corrected chi connectivity index (χ3v) is 28.6. The molecule has 1 saturated carbocycles. The molecule has 0 radical (unpaired) electrons. The molecule has 7 aliphatic heterocycles. The van der Waals surface area contributed by atoms with Crippen LogP contribution in [0.1, 0.15) is 94.2 Å². The Labute approximate surface area is 672 Å². The van der Waals surface area contributed by atoms with Gasteiger partial charge in [-0.2, -0.15) is 56.1 Å². The molecule has 4 amide bonds. The summed E-state index contributed by atoms with van der Waals surface area (Å²) in [7, 11) is -9.73. The van der Waals surface area contributed by atoms with Crippen LogP contribution in [0.2, 0.25) is 10.0 Å². The van der Waals surface area contributed by atoms with Gasteiger partial charge in [0.15, 0.2) is 0 Å². The summed E-state index contributed by atoms with van der Waals surface area (Å²) in [6, 6.07) is 24.2. The van der Waals surface area contributed by atoms with Crippen molar-refractivity contribution < 1.29 is 66.0 Å². The average molecular weight is 1700 g/mol. The summed E-state index contributed by atoms with van der Waals surface area (Å²) in [6.45, 7) is 10.6. The van der Waals surface area contributed by atoms with Gasteiger partial charge in [-0.3, -0.25) is 44.7 Å². The second-order valence-corrected chi connectivity index (χ2v) is 38.0. The topological polar surface area (TPSA) is 356 Å². The molecule has 616 valence electrons. The molecule has 7 fully saturated rings. The number of rotatable bonds is 9. The molecule has 6 saturated heterocycles. The van der Waals surface area contributed by atoms with Gasteiger partial charge in [-0.1, -0.05) is 41.4 Å². The molecule has 0 atom stereocenters. The van der Waals surface area contributed by atoms with Crippen molar-refractivity contribution in [3.8, 4) is 0 Å². The van der Waals surface area contributed by atoms with E-state index in [1.807, 2.05) is 68.8 Å². The normalized spacial score (nSPS) is 19.4. The fraction of sp³-hybridized carbons (Fsp3) is 0.421. The van der Waals surface area contributed by atoms with Crippen LogP contribution in [0.5, 0.6) is 0 Å². The van der Waals surface area contributed by atoms with Gasteiger partial charge in [0.1, 0.15) is 5.54 Å². The number of alkyl halides is 6. The summed E-state index contributed by atoms with van der Waals surface area (Å²) in [5, 5.41) is 47.5. The van der Waals surface area contributed by atoms with E-state index in [4.69, 9.17) is 23.2 Å². The van der Waals surface area contributed by atoms with E-state index in [1.54, 1.807) is 42.7 Å². The minimum absolute atomic E-state index is 0.115. The van der Waals surface area contributed by atoms with Crippen molar-refractivity contribution in [2.75, 3.05) is 115 Å². The Morgan fingerprint density at radius 1 is 0.474 bits per heavy atom. The number of halogens is 8. The highest BCUT2D eigenvalue weighted by Crippen LogP contribution is 2.47. The smallest absolute Gasteiger partial charge is 0.371 e. The van der Waals surface area contributed by atoms with E-state index in [0.717, 1.165) is 139 Å². The number of sulfonamides is 3. The second kappa shape index (κ2) is 31.1. The van der Waals surface area contributed by atoms with Crippen LogP contribution in [0.15, 0.2) is 122 Å². The Morgan fingerprint density at radius 2 is 0.974 bits per heavy atom. The van der Waals surface area contributed by atoms with Gasteiger partial charge in [-0.05, 0) is 156 Å². The van der Waals surface area contributed by atoms with E-state index < -0.39 is 70.7 Å². The largest absolute Gasteiger partial charge is 0.416 e. The molecule has 1 aliphatic carbocycles. The number of hydrogen-bond acceptors (Lipinski definition) is 18. The van der Waals surface area contributed by atoms with Crippen LogP contribution in [0.3, 0.4) is 0 Å². The maximum atomic E-state index is 13.3. The summed E-state index contributed by atoms with van der Waals surface area (Å²) in [5.74, 6) is 0.195. The minimum Gasteiger partial charge on any atom is -0.371 e. The number of fused-ring (bicyclic) bond motifs is 6. The Kier molecular flexibility index (Phi) is 21.8. The van der Waals surface area contributed by atoms with Crippen molar-refractivity contribution in [2.45, 2.75) is 106 Å². The van der Waals surface area contributed by atoms with Gasteiger partial charge in [-0.25, -0.2) is 34.4 Å². The van der Waals surface area contributed by atoms with E-state index in [9.17, 15) is 66.0 Å². The first-order chi connectivity index (χ1) is 55.0. The first-order valence-electron chi connectivity index (χ1n) is 37.7. The zero-order valence-electron chi connectivity index (χ0n) is 63.3. The number of nitrogens with one attached hydrogen (secondary N) is 8.